The average Bonchev–Trinajstić information content (AvgIpc) is 3.16. The van der Waals surface area contributed by atoms with Gasteiger partial charge in [0.05, 0.1) is 5.54 Å². The molecule has 1 aromatic heterocycles. The van der Waals surface area contributed by atoms with Crippen molar-refractivity contribution in [2.45, 2.75) is 48.6 Å². The number of rotatable bonds is 5. The fourth-order valence-corrected chi connectivity index (χ4v) is 4.06. The molecule has 0 saturated heterocycles. The van der Waals surface area contributed by atoms with Gasteiger partial charge in [-0.25, -0.2) is 17.5 Å². The van der Waals surface area contributed by atoms with Crippen molar-refractivity contribution < 1.29 is 17.3 Å². The van der Waals surface area contributed by atoms with Crippen LogP contribution in [0.1, 0.15) is 37.9 Å². The summed E-state index contributed by atoms with van der Waals surface area (Å²) in [5.41, 5.74) is 5.91. The molecule has 0 spiro atoms. The first-order valence-corrected chi connectivity index (χ1v) is 9.31. The molecule has 0 bridgehead atoms. The van der Waals surface area contributed by atoms with Gasteiger partial charge in [-0.3, -0.25) is 0 Å². The van der Waals surface area contributed by atoms with Gasteiger partial charge in [0, 0.05) is 11.6 Å². The van der Waals surface area contributed by atoms with Crippen molar-refractivity contribution in [1.82, 2.24) is 14.9 Å². The standard InChI is InChI=1S/C15H17FN4O3S/c16-11-5-2-9(8-12(11)24(21,22)20-10-3-4-10)13-18-14(19-23-13)15(17)6-1-7-15/h2,5,8,10,20H,1,3-4,6-7,17H2. The van der Waals surface area contributed by atoms with Crippen molar-refractivity contribution in [2.24, 2.45) is 5.73 Å². The average molecular weight is 352 g/mol. The van der Waals surface area contributed by atoms with Crippen molar-refractivity contribution in [2.75, 3.05) is 0 Å². The molecule has 9 heteroatoms. The summed E-state index contributed by atoms with van der Waals surface area (Å²) in [6.45, 7) is 0. The molecule has 0 radical (unpaired) electrons. The number of benzene rings is 1. The normalized spacial score (nSPS) is 19.9. The zero-order valence-corrected chi connectivity index (χ0v) is 13.6. The van der Waals surface area contributed by atoms with E-state index in [1.807, 2.05) is 0 Å². The van der Waals surface area contributed by atoms with E-state index in [0.717, 1.165) is 38.2 Å². The predicted molar refractivity (Wildman–Crippen MR) is 82.8 cm³/mol. The van der Waals surface area contributed by atoms with Crippen LogP contribution in [0.4, 0.5) is 4.39 Å². The molecule has 2 aromatic rings. The van der Waals surface area contributed by atoms with Crippen molar-refractivity contribution in [3.8, 4) is 11.5 Å². The first-order chi connectivity index (χ1) is 11.4. The zero-order valence-electron chi connectivity index (χ0n) is 12.8. The van der Waals surface area contributed by atoms with E-state index < -0.39 is 26.3 Å². The number of sulfonamides is 1. The Morgan fingerprint density at radius 2 is 2.08 bits per heavy atom. The summed E-state index contributed by atoms with van der Waals surface area (Å²) in [7, 11) is -3.91. The van der Waals surface area contributed by atoms with E-state index in [-0.39, 0.29) is 11.9 Å². The van der Waals surface area contributed by atoms with E-state index in [4.69, 9.17) is 10.3 Å². The highest BCUT2D eigenvalue weighted by atomic mass is 32.2. The SMILES string of the molecule is NC1(c2noc(-c3ccc(F)c(S(=O)(=O)NC4CC4)c3)n2)CCC1. The third-order valence-electron chi connectivity index (χ3n) is 4.48. The molecule has 2 fully saturated rings. The van der Waals surface area contributed by atoms with Gasteiger partial charge in [-0.05, 0) is 50.3 Å². The highest BCUT2D eigenvalue weighted by Gasteiger charge is 2.39. The summed E-state index contributed by atoms with van der Waals surface area (Å²) in [5, 5.41) is 3.89. The molecule has 0 aliphatic heterocycles. The smallest absolute Gasteiger partial charge is 0.258 e. The Hall–Kier alpha value is -1.84. The van der Waals surface area contributed by atoms with Crippen LogP contribution in [0.25, 0.3) is 11.5 Å². The largest absolute Gasteiger partial charge is 0.334 e. The van der Waals surface area contributed by atoms with Gasteiger partial charge in [0.25, 0.3) is 5.89 Å². The van der Waals surface area contributed by atoms with E-state index in [2.05, 4.69) is 14.9 Å². The molecule has 2 saturated carbocycles. The van der Waals surface area contributed by atoms with Crippen molar-refractivity contribution in [3.63, 3.8) is 0 Å². The summed E-state index contributed by atoms with van der Waals surface area (Å²) in [5.74, 6) is -0.292. The summed E-state index contributed by atoms with van der Waals surface area (Å²) < 4.78 is 46.2. The molecule has 1 aromatic carbocycles. The minimum Gasteiger partial charge on any atom is -0.334 e. The number of nitrogens with one attached hydrogen (secondary N) is 1. The van der Waals surface area contributed by atoms with Crippen LogP contribution in [0, 0.1) is 5.82 Å². The first kappa shape index (κ1) is 15.7. The van der Waals surface area contributed by atoms with Gasteiger partial charge >= 0.3 is 0 Å². The number of hydrogen-bond donors (Lipinski definition) is 2. The molecule has 2 aliphatic rings. The van der Waals surface area contributed by atoms with Crippen LogP contribution in [0.2, 0.25) is 0 Å². The molecule has 3 N–H and O–H groups in total. The number of hydrogen-bond acceptors (Lipinski definition) is 6. The number of halogens is 1. The maximum Gasteiger partial charge on any atom is 0.258 e. The molecule has 1 heterocycles. The van der Waals surface area contributed by atoms with Gasteiger partial charge in [-0.15, -0.1) is 0 Å². The van der Waals surface area contributed by atoms with Crippen LogP contribution in [0.5, 0.6) is 0 Å². The molecule has 0 unspecified atom stereocenters. The second-order valence-corrected chi connectivity index (χ2v) is 8.16. The lowest BCUT2D eigenvalue weighted by atomic mass is 9.77. The first-order valence-electron chi connectivity index (χ1n) is 7.83. The summed E-state index contributed by atoms with van der Waals surface area (Å²) in [4.78, 5) is 3.84. The second-order valence-electron chi connectivity index (χ2n) is 6.47. The van der Waals surface area contributed by atoms with Gasteiger partial charge < -0.3 is 10.3 Å². The van der Waals surface area contributed by atoms with Gasteiger partial charge in [0.15, 0.2) is 5.82 Å². The minimum absolute atomic E-state index is 0.108. The molecule has 0 atom stereocenters. The Kier molecular flexibility index (Phi) is 3.48. The lowest BCUT2D eigenvalue weighted by Gasteiger charge is -2.34. The Labute approximate surface area is 138 Å². The third kappa shape index (κ3) is 2.72. The third-order valence-corrected chi connectivity index (χ3v) is 6.02. The Bertz CT molecular complexity index is 888. The van der Waals surface area contributed by atoms with Crippen LogP contribution in [-0.4, -0.2) is 24.6 Å². The molecule has 7 nitrogen and oxygen atoms in total. The minimum atomic E-state index is -3.91. The molecule has 24 heavy (non-hydrogen) atoms. The van der Waals surface area contributed by atoms with Gasteiger partial charge in [0.2, 0.25) is 10.0 Å². The Balaban J connectivity index is 1.68. The maximum atomic E-state index is 14.0. The summed E-state index contributed by atoms with van der Waals surface area (Å²) in [6.07, 6.45) is 4.10. The molecule has 0 amide bonds. The molecule has 4 rings (SSSR count). The van der Waals surface area contributed by atoms with E-state index in [0.29, 0.717) is 11.4 Å². The highest BCUT2D eigenvalue weighted by Crippen LogP contribution is 2.37. The van der Waals surface area contributed by atoms with E-state index >= 15 is 0 Å². The zero-order chi connectivity index (χ0) is 16.9. The van der Waals surface area contributed by atoms with Crippen LogP contribution in [0.15, 0.2) is 27.6 Å². The number of nitrogens with zero attached hydrogens (tertiary/aromatic N) is 2. The predicted octanol–water partition coefficient (Wildman–Crippen LogP) is 1.65. The maximum absolute atomic E-state index is 14.0. The van der Waals surface area contributed by atoms with Crippen LogP contribution in [-0.2, 0) is 15.6 Å². The fraction of sp³-hybridized carbons (Fsp3) is 0.467. The Morgan fingerprint density at radius 3 is 2.71 bits per heavy atom. The van der Waals surface area contributed by atoms with Gasteiger partial charge in [0.1, 0.15) is 10.7 Å². The molecule has 128 valence electrons. The topological polar surface area (TPSA) is 111 Å². The van der Waals surface area contributed by atoms with Crippen LogP contribution < -0.4 is 10.5 Å². The van der Waals surface area contributed by atoms with Crippen molar-refractivity contribution in [3.05, 3.63) is 29.8 Å². The van der Waals surface area contributed by atoms with Crippen molar-refractivity contribution >= 4 is 10.0 Å². The quantitative estimate of drug-likeness (QED) is 0.846. The number of aromatic nitrogens is 2. The van der Waals surface area contributed by atoms with Crippen molar-refractivity contribution in [1.29, 1.82) is 0 Å². The highest BCUT2D eigenvalue weighted by molar-refractivity contribution is 7.89. The van der Waals surface area contributed by atoms with E-state index in [1.54, 1.807) is 0 Å². The lowest BCUT2D eigenvalue weighted by molar-refractivity contribution is 0.229. The molecular weight excluding hydrogens is 335 g/mol. The monoisotopic (exact) mass is 352 g/mol. The fourth-order valence-electron chi connectivity index (χ4n) is 2.65. The lowest BCUT2D eigenvalue weighted by Crippen LogP contribution is -2.44. The van der Waals surface area contributed by atoms with E-state index in [9.17, 15) is 12.8 Å². The van der Waals surface area contributed by atoms with Crippen LogP contribution in [0.3, 0.4) is 0 Å². The summed E-state index contributed by atoms with van der Waals surface area (Å²) in [6, 6.07) is 3.60. The van der Waals surface area contributed by atoms with Gasteiger partial charge in [-0.2, -0.15) is 4.98 Å². The van der Waals surface area contributed by atoms with Gasteiger partial charge in [-0.1, -0.05) is 5.16 Å². The second kappa shape index (κ2) is 5.33. The molecular formula is C15H17FN4O3S. The Morgan fingerprint density at radius 1 is 1.33 bits per heavy atom. The summed E-state index contributed by atoms with van der Waals surface area (Å²) >= 11 is 0. The van der Waals surface area contributed by atoms with Crippen LogP contribution >= 0.6 is 0 Å². The molecule has 2 aliphatic carbocycles. The van der Waals surface area contributed by atoms with E-state index in [1.165, 1.54) is 12.1 Å². The number of nitrogens with two attached hydrogens (primary N) is 1.